The van der Waals surface area contributed by atoms with Crippen molar-refractivity contribution in [2.45, 2.75) is 24.6 Å². The zero-order chi connectivity index (χ0) is 9.97. The number of azo groups is 1. The number of hydrogen-bond donors (Lipinski definition) is 0. The molecule has 0 radical (unpaired) electrons. The van der Waals surface area contributed by atoms with Crippen molar-refractivity contribution in [3.8, 4) is 0 Å². The molecule has 1 saturated heterocycles. The second-order valence-corrected chi connectivity index (χ2v) is 3.95. The summed E-state index contributed by atoms with van der Waals surface area (Å²) in [7, 11) is 0. The number of rotatable bonds is 1. The third-order valence-corrected chi connectivity index (χ3v) is 2.95. The van der Waals surface area contributed by atoms with E-state index in [1.54, 1.807) is 6.20 Å². The lowest BCUT2D eigenvalue weighted by atomic mass is 10.1. The molecule has 1 fully saturated rings. The van der Waals surface area contributed by atoms with Gasteiger partial charge in [-0.1, -0.05) is 0 Å². The molecule has 76 valence electrons. The van der Waals surface area contributed by atoms with Gasteiger partial charge in [0, 0.05) is 13.1 Å². The van der Waals surface area contributed by atoms with E-state index in [1.165, 1.54) is 6.42 Å². The van der Waals surface area contributed by atoms with Crippen LogP contribution in [0.1, 0.15) is 19.3 Å². The molecule has 2 rings (SSSR count). The molecule has 2 aliphatic rings. The molecule has 1 unspecified atom stereocenters. The number of likely N-dealkylation sites (tertiary alicyclic amines) is 1. The van der Waals surface area contributed by atoms with Crippen LogP contribution in [-0.2, 0) is 4.79 Å². The number of carbonyl (C=O) groups is 1. The quantitative estimate of drug-likeness (QED) is 0.625. The van der Waals surface area contributed by atoms with Crippen molar-refractivity contribution in [2.75, 3.05) is 13.1 Å². The second kappa shape index (κ2) is 4.09. The minimum Gasteiger partial charge on any atom is -0.372 e. The first-order valence-electron chi connectivity index (χ1n) is 4.83. The third kappa shape index (κ3) is 1.80. The van der Waals surface area contributed by atoms with Crippen molar-refractivity contribution in [2.24, 2.45) is 10.2 Å². The summed E-state index contributed by atoms with van der Waals surface area (Å²) in [6, 6.07) is 0. The minimum absolute atomic E-state index is 0.352. The summed E-state index contributed by atoms with van der Waals surface area (Å²) < 4.78 is 0. The Hall–Kier alpha value is -0.900. The summed E-state index contributed by atoms with van der Waals surface area (Å²) in [6.07, 6.45) is 5.18. The van der Waals surface area contributed by atoms with E-state index in [2.05, 4.69) is 15.1 Å². The fourth-order valence-corrected chi connectivity index (χ4v) is 2.02. The van der Waals surface area contributed by atoms with Gasteiger partial charge in [-0.25, -0.2) is 0 Å². The van der Waals surface area contributed by atoms with Crippen LogP contribution in [0.4, 0.5) is 0 Å². The Morgan fingerprint density at radius 1 is 1.36 bits per heavy atom. The molecule has 2 heterocycles. The largest absolute Gasteiger partial charge is 0.372 e. The fourth-order valence-electron chi connectivity index (χ4n) is 1.78. The summed E-state index contributed by atoms with van der Waals surface area (Å²) in [5.74, 6) is -0.352. The molecule has 1 atom stereocenters. The highest BCUT2D eigenvalue weighted by atomic mass is 35.5. The van der Waals surface area contributed by atoms with Gasteiger partial charge in [0.25, 0.3) is 5.91 Å². The van der Waals surface area contributed by atoms with Crippen LogP contribution in [0.5, 0.6) is 0 Å². The molecule has 1 amide bonds. The Labute approximate surface area is 87.6 Å². The molecule has 0 aromatic carbocycles. The van der Waals surface area contributed by atoms with Crippen LogP contribution in [0.15, 0.2) is 22.1 Å². The zero-order valence-corrected chi connectivity index (χ0v) is 8.57. The van der Waals surface area contributed by atoms with Gasteiger partial charge in [0.05, 0.1) is 11.9 Å². The van der Waals surface area contributed by atoms with E-state index < -0.39 is 5.38 Å². The first-order chi connectivity index (χ1) is 6.79. The minimum atomic E-state index is -0.634. The number of nitrogens with zero attached hydrogens (tertiary/aromatic N) is 3. The number of carbonyl (C=O) groups excluding carboxylic acids is 1. The highest BCUT2D eigenvalue weighted by Crippen LogP contribution is 2.23. The standard InChI is InChI=1S/C9H12ClN3O/c10-8-7(6-11-12-9(8)14)13-4-2-1-3-5-13/h6,8H,1-5H2. The summed E-state index contributed by atoms with van der Waals surface area (Å²) in [6.45, 7) is 1.94. The predicted octanol–water partition coefficient (Wildman–Crippen LogP) is 1.91. The van der Waals surface area contributed by atoms with Gasteiger partial charge in [0.15, 0.2) is 5.38 Å². The van der Waals surface area contributed by atoms with E-state index in [-0.39, 0.29) is 5.91 Å². The van der Waals surface area contributed by atoms with Crippen LogP contribution in [0.2, 0.25) is 0 Å². The average Bonchev–Trinajstić information content (AvgIpc) is 2.23. The first-order valence-corrected chi connectivity index (χ1v) is 5.26. The Balaban J connectivity index is 2.12. The monoisotopic (exact) mass is 213 g/mol. The SMILES string of the molecule is O=C1N=NC=C(N2CCCCC2)C1Cl. The van der Waals surface area contributed by atoms with Gasteiger partial charge in [-0.3, -0.25) is 4.79 Å². The lowest BCUT2D eigenvalue weighted by molar-refractivity contribution is -0.117. The zero-order valence-electron chi connectivity index (χ0n) is 7.82. The fraction of sp³-hybridized carbons (Fsp3) is 0.667. The Morgan fingerprint density at radius 2 is 2.07 bits per heavy atom. The smallest absolute Gasteiger partial charge is 0.288 e. The maximum absolute atomic E-state index is 11.2. The molecule has 0 aliphatic carbocycles. The molecule has 4 nitrogen and oxygen atoms in total. The Morgan fingerprint density at radius 3 is 2.79 bits per heavy atom. The van der Waals surface area contributed by atoms with Crippen molar-refractivity contribution in [1.82, 2.24) is 4.90 Å². The number of halogens is 1. The molecule has 0 spiro atoms. The van der Waals surface area contributed by atoms with Crippen molar-refractivity contribution in [1.29, 1.82) is 0 Å². The van der Waals surface area contributed by atoms with Gasteiger partial charge in [-0.2, -0.15) is 5.11 Å². The van der Waals surface area contributed by atoms with Crippen molar-refractivity contribution >= 4 is 17.5 Å². The van der Waals surface area contributed by atoms with Crippen LogP contribution in [-0.4, -0.2) is 29.3 Å². The van der Waals surface area contributed by atoms with E-state index in [9.17, 15) is 4.79 Å². The van der Waals surface area contributed by atoms with Gasteiger partial charge in [0.2, 0.25) is 0 Å². The molecular weight excluding hydrogens is 202 g/mol. The molecule has 0 aromatic heterocycles. The van der Waals surface area contributed by atoms with Gasteiger partial charge in [0.1, 0.15) is 0 Å². The first kappa shape index (κ1) is 9.65. The van der Waals surface area contributed by atoms with Gasteiger partial charge < -0.3 is 4.90 Å². The van der Waals surface area contributed by atoms with Crippen LogP contribution >= 0.6 is 11.6 Å². The maximum atomic E-state index is 11.2. The van der Waals surface area contributed by atoms with E-state index in [4.69, 9.17) is 11.6 Å². The summed E-state index contributed by atoms with van der Waals surface area (Å²) in [4.78, 5) is 13.3. The molecule has 5 heteroatoms. The average molecular weight is 214 g/mol. The van der Waals surface area contributed by atoms with Crippen molar-refractivity contribution in [3.05, 3.63) is 11.9 Å². The second-order valence-electron chi connectivity index (χ2n) is 3.52. The van der Waals surface area contributed by atoms with Crippen LogP contribution < -0.4 is 0 Å². The summed E-state index contributed by atoms with van der Waals surface area (Å²) in [5.41, 5.74) is 0.811. The van der Waals surface area contributed by atoms with Crippen molar-refractivity contribution < 1.29 is 4.79 Å². The number of piperidine rings is 1. The van der Waals surface area contributed by atoms with Gasteiger partial charge >= 0.3 is 0 Å². The maximum Gasteiger partial charge on any atom is 0.288 e. The third-order valence-electron chi connectivity index (χ3n) is 2.54. The van der Waals surface area contributed by atoms with Crippen LogP contribution in [0.25, 0.3) is 0 Å². The molecule has 0 N–H and O–H groups in total. The van der Waals surface area contributed by atoms with Crippen molar-refractivity contribution in [3.63, 3.8) is 0 Å². The molecule has 0 bridgehead atoms. The summed E-state index contributed by atoms with van der Waals surface area (Å²) >= 11 is 5.95. The molecule has 0 aromatic rings. The van der Waals surface area contributed by atoms with E-state index >= 15 is 0 Å². The van der Waals surface area contributed by atoms with E-state index in [1.807, 2.05) is 0 Å². The van der Waals surface area contributed by atoms with Crippen LogP contribution in [0, 0.1) is 0 Å². The van der Waals surface area contributed by atoms with Gasteiger partial charge in [-0.15, -0.1) is 16.7 Å². The van der Waals surface area contributed by atoms with Gasteiger partial charge in [-0.05, 0) is 19.3 Å². The number of alkyl halides is 1. The normalized spacial score (nSPS) is 27.8. The lowest BCUT2D eigenvalue weighted by Gasteiger charge is -2.32. The van der Waals surface area contributed by atoms with Crippen LogP contribution in [0.3, 0.4) is 0 Å². The highest BCUT2D eigenvalue weighted by Gasteiger charge is 2.27. The molecule has 2 aliphatic heterocycles. The highest BCUT2D eigenvalue weighted by molar-refractivity contribution is 6.33. The predicted molar refractivity (Wildman–Crippen MR) is 53.0 cm³/mol. The molecule has 14 heavy (non-hydrogen) atoms. The van der Waals surface area contributed by atoms with E-state index in [0.29, 0.717) is 0 Å². The lowest BCUT2D eigenvalue weighted by Crippen LogP contribution is -2.35. The van der Waals surface area contributed by atoms with E-state index in [0.717, 1.165) is 31.6 Å². The molecular formula is C9H12ClN3O. The Bertz CT molecular complexity index is 294. The Kier molecular flexibility index (Phi) is 2.82. The number of hydrogen-bond acceptors (Lipinski definition) is 3. The summed E-state index contributed by atoms with van der Waals surface area (Å²) in [5, 5.41) is 6.43. The number of amides is 1. The topological polar surface area (TPSA) is 45.0 Å². The molecule has 0 saturated carbocycles.